The van der Waals surface area contributed by atoms with E-state index in [4.69, 9.17) is 0 Å². The number of esters is 2. The fourth-order valence-electron chi connectivity index (χ4n) is 0.703. The molecule has 0 aliphatic heterocycles. The van der Waals surface area contributed by atoms with Crippen molar-refractivity contribution in [3.63, 3.8) is 0 Å². The lowest BCUT2D eigenvalue weighted by Crippen LogP contribution is -2.45. The van der Waals surface area contributed by atoms with Crippen LogP contribution in [0, 0.1) is 0 Å². The summed E-state index contributed by atoms with van der Waals surface area (Å²) in [6.07, 6.45) is -4.87. The van der Waals surface area contributed by atoms with Crippen LogP contribution >= 0.6 is 0 Å². The van der Waals surface area contributed by atoms with Crippen molar-refractivity contribution in [1.82, 2.24) is 0 Å². The molecule has 9 heteroatoms. The number of carbonyl (C=O) groups is 2. The second-order valence-corrected chi connectivity index (χ2v) is 3.22. The van der Waals surface area contributed by atoms with Gasteiger partial charge >= 0.3 is 24.0 Å². The number of carbonyl (C=O) groups excluding carboxylic acids is 2. The number of rotatable bonds is 6. The first-order valence-electron chi connectivity index (χ1n) is 4.90. The predicted octanol–water partition coefficient (Wildman–Crippen LogP) is 2.07. The summed E-state index contributed by atoms with van der Waals surface area (Å²) in [5.74, 6) is -9.66. The molecule has 0 aromatic heterocycles. The van der Waals surface area contributed by atoms with Crippen molar-refractivity contribution in [2.45, 2.75) is 31.9 Å². The van der Waals surface area contributed by atoms with Gasteiger partial charge in [-0.15, -0.1) is 0 Å². The van der Waals surface area contributed by atoms with Gasteiger partial charge in [0.2, 0.25) is 0 Å². The molecule has 0 spiro atoms. The maximum absolute atomic E-state index is 12.3. The van der Waals surface area contributed by atoms with Crippen LogP contribution in [-0.4, -0.2) is 37.3 Å². The highest BCUT2D eigenvalue weighted by molar-refractivity contribution is 5.81. The maximum Gasteiger partial charge on any atom is 0.465 e. The molecule has 0 saturated carbocycles. The van der Waals surface area contributed by atoms with Crippen LogP contribution in [0.25, 0.3) is 0 Å². The van der Waals surface area contributed by atoms with Gasteiger partial charge in [-0.25, -0.2) is 9.59 Å². The Morgan fingerprint density at radius 1 is 1.06 bits per heavy atom. The SMILES string of the molecule is CCCCOC(=O)COC(=O)C(F)(F)C(F)(F)F. The average Bonchev–Trinajstić information content (AvgIpc) is 2.24. The molecule has 0 bridgehead atoms. The summed E-state index contributed by atoms with van der Waals surface area (Å²) in [6, 6.07) is 0. The van der Waals surface area contributed by atoms with Gasteiger partial charge in [0.15, 0.2) is 6.61 Å². The lowest BCUT2D eigenvalue weighted by molar-refractivity contribution is -0.280. The Bertz CT molecular complexity index is 300. The van der Waals surface area contributed by atoms with Crippen LogP contribution in [0.3, 0.4) is 0 Å². The zero-order chi connectivity index (χ0) is 14.4. The Hall–Kier alpha value is -1.41. The molecule has 0 rings (SSSR count). The molecule has 0 heterocycles. The van der Waals surface area contributed by atoms with E-state index in [0.29, 0.717) is 12.8 Å². The van der Waals surface area contributed by atoms with Crippen molar-refractivity contribution in [1.29, 1.82) is 0 Å². The molecule has 106 valence electrons. The van der Waals surface area contributed by atoms with E-state index < -0.39 is 30.6 Å². The Labute approximate surface area is 99.0 Å². The van der Waals surface area contributed by atoms with E-state index >= 15 is 0 Å². The first-order valence-corrected chi connectivity index (χ1v) is 4.90. The van der Waals surface area contributed by atoms with Gasteiger partial charge in [0.25, 0.3) is 0 Å². The summed E-state index contributed by atoms with van der Waals surface area (Å²) in [5, 5.41) is 0. The third kappa shape index (κ3) is 4.84. The van der Waals surface area contributed by atoms with Crippen molar-refractivity contribution < 1.29 is 41.0 Å². The van der Waals surface area contributed by atoms with Gasteiger partial charge in [-0.1, -0.05) is 13.3 Å². The second-order valence-electron chi connectivity index (χ2n) is 3.22. The molecule has 0 saturated heterocycles. The largest absolute Gasteiger partial charge is 0.465 e. The van der Waals surface area contributed by atoms with Gasteiger partial charge in [-0.2, -0.15) is 22.0 Å². The van der Waals surface area contributed by atoms with E-state index in [1.807, 2.05) is 0 Å². The van der Waals surface area contributed by atoms with Crippen LogP contribution < -0.4 is 0 Å². The normalized spacial score (nSPS) is 12.1. The van der Waals surface area contributed by atoms with Gasteiger partial charge in [0.05, 0.1) is 6.61 Å². The van der Waals surface area contributed by atoms with E-state index in [1.54, 1.807) is 6.92 Å². The van der Waals surface area contributed by atoms with Crippen molar-refractivity contribution >= 4 is 11.9 Å². The number of ether oxygens (including phenoxy) is 2. The van der Waals surface area contributed by atoms with Gasteiger partial charge < -0.3 is 9.47 Å². The molecule has 0 aromatic carbocycles. The smallest absolute Gasteiger partial charge is 0.463 e. The van der Waals surface area contributed by atoms with Gasteiger partial charge in [0, 0.05) is 0 Å². The molecule has 0 aliphatic carbocycles. The van der Waals surface area contributed by atoms with E-state index in [1.165, 1.54) is 0 Å². The van der Waals surface area contributed by atoms with Crippen LogP contribution in [0.2, 0.25) is 0 Å². The number of unbranched alkanes of at least 4 members (excludes halogenated alkanes) is 1. The van der Waals surface area contributed by atoms with Crippen molar-refractivity contribution in [2.24, 2.45) is 0 Å². The van der Waals surface area contributed by atoms with Crippen LogP contribution in [-0.2, 0) is 19.1 Å². The fraction of sp³-hybridized carbons (Fsp3) is 0.778. The Kier molecular flexibility index (Phi) is 5.99. The molecule has 0 unspecified atom stereocenters. The third-order valence-electron chi connectivity index (χ3n) is 1.69. The number of hydrogen-bond donors (Lipinski definition) is 0. The highest BCUT2D eigenvalue weighted by Crippen LogP contribution is 2.36. The molecule has 4 nitrogen and oxygen atoms in total. The van der Waals surface area contributed by atoms with Crippen LogP contribution in [0.5, 0.6) is 0 Å². The zero-order valence-corrected chi connectivity index (χ0v) is 9.35. The molecule has 0 fully saturated rings. The molecule has 0 aliphatic rings. The van der Waals surface area contributed by atoms with Crippen molar-refractivity contribution in [3.05, 3.63) is 0 Å². The fourth-order valence-corrected chi connectivity index (χ4v) is 0.703. The van der Waals surface area contributed by atoms with Gasteiger partial charge in [-0.05, 0) is 6.42 Å². The second kappa shape index (κ2) is 6.50. The topological polar surface area (TPSA) is 52.6 Å². The predicted molar refractivity (Wildman–Crippen MR) is 47.8 cm³/mol. The third-order valence-corrected chi connectivity index (χ3v) is 1.69. The van der Waals surface area contributed by atoms with E-state index in [2.05, 4.69) is 9.47 Å². The number of hydrogen-bond acceptors (Lipinski definition) is 4. The summed E-state index contributed by atoms with van der Waals surface area (Å²) in [4.78, 5) is 21.2. The first-order chi connectivity index (χ1) is 8.13. The van der Waals surface area contributed by atoms with E-state index in [0.717, 1.165) is 0 Å². The van der Waals surface area contributed by atoms with Crippen LogP contribution in [0.15, 0.2) is 0 Å². The van der Waals surface area contributed by atoms with Crippen LogP contribution in [0.1, 0.15) is 19.8 Å². The molecule has 0 aromatic rings. The molecule has 0 amide bonds. The lowest BCUT2D eigenvalue weighted by Gasteiger charge is -2.17. The molecule has 0 radical (unpaired) electrons. The summed E-state index contributed by atoms with van der Waals surface area (Å²) in [5.41, 5.74) is 0. The minimum Gasteiger partial charge on any atom is -0.463 e. The Morgan fingerprint density at radius 2 is 1.61 bits per heavy atom. The van der Waals surface area contributed by atoms with Gasteiger partial charge in [0.1, 0.15) is 0 Å². The number of halogens is 5. The van der Waals surface area contributed by atoms with Gasteiger partial charge in [-0.3, -0.25) is 0 Å². The molecular formula is C9H11F5O4. The van der Waals surface area contributed by atoms with E-state index in [9.17, 15) is 31.5 Å². The summed E-state index contributed by atoms with van der Waals surface area (Å²) < 4.78 is 67.7. The molecule has 0 atom stereocenters. The standard InChI is InChI=1S/C9H11F5O4/c1-2-3-4-17-6(15)5-18-7(16)8(10,11)9(12,13)14/h2-5H2,1H3. The molecular weight excluding hydrogens is 267 g/mol. The first kappa shape index (κ1) is 16.6. The minimum atomic E-state index is -6.06. The van der Waals surface area contributed by atoms with E-state index in [-0.39, 0.29) is 6.61 Å². The van der Waals surface area contributed by atoms with Crippen molar-refractivity contribution in [3.8, 4) is 0 Å². The Balaban J connectivity index is 4.15. The zero-order valence-electron chi connectivity index (χ0n) is 9.35. The summed E-state index contributed by atoms with van der Waals surface area (Å²) in [7, 11) is 0. The summed E-state index contributed by atoms with van der Waals surface area (Å²) >= 11 is 0. The maximum atomic E-state index is 12.3. The highest BCUT2D eigenvalue weighted by Gasteiger charge is 2.65. The quantitative estimate of drug-likeness (QED) is 0.424. The molecule has 18 heavy (non-hydrogen) atoms. The number of alkyl halides is 5. The Morgan fingerprint density at radius 3 is 2.06 bits per heavy atom. The monoisotopic (exact) mass is 278 g/mol. The average molecular weight is 278 g/mol. The lowest BCUT2D eigenvalue weighted by atomic mass is 10.3. The minimum absolute atomic E-state index is 0.0253. The van der Waals surface area contributed by atoms with Crippen molar-refractivity contribution in [2.75, 3.05) is 13.2 Å². The summed E-state index contributed by atoms with van der Waals surface area (Å²) in [6.45, 7) is 0.481. The molecule has 0 N–H and O–H groups in total. The van der Waals surface area contributed by atoms with Crippen LogP contribution in [0.4, 0.5) is 22.0 Å². The highest BCUT2D eigenvalue weighted by atomic mass is 19.4.